The lowest BCUT2D eigenvalue weighted by Gasteiger charge is -2.08. The summed E-state index contributed by atoms with van der Waals surface area (Å²) in [6.45, 7) is 1.30. The SMILES string of the molecule is C1CSOCO1. The van der Waals surface area contributed by atoms with E-state index in [1.54, 1.807) is 0 Å². The van der Waals surface area contributed by atoms with Crippen LogP contribution in [0.4, 0.5) is 0 Å². The molecule has 1 fully saturated rings. The van der Waals surface area contributed by atoms with Gasteiger partial charge in [-0.1, -0.05) is 0 Å². The third kappa shape index (κ3) is 1.16. The van der Waals surface area contributed by atoms with Gasteiger partial charge in [0, 0.05) is 5.75 Å². The van der Waals surface area contributed by atoms with Crippen molar-refractivity contribution in [1.29, 1.82) is 0 Å². The molecule has 0 unspecified atom stereocenters. The molecular weight excluding hydrogens is 100 g/mol. The minimum atomic E-state index is 0.463. The Labute approximate surface area is 41.0 Å². The monoisotopic (exact) mass is 106 g/mol. The lowest BCUT2D eigenvalue weighted by molar-refractivity contribution is 0.0231. The van der Waals surface area contributed by atoms with E-state index in [9.17, 15) is 0 Å². The summed E-state index contributed by atoms with van der Waals surface area (Å²) in [4.78, 5) is 0. The van der Waals surface area contributed by atoms with Crippen molar-refractivity contribution in [1.82, 2.24) is 0 Å². The van der Waals surface area contributed by atoms with Crippen molar-refractivity contribution < 1.29 is 8.92 Å². The molecule has 3 heteroatoms. The van der Waals surface area contributed by atoms with Crippen LogP contribution in [0, 0.1) is 0 Å². The highest BCUT2D eigenvalue weighted by atomic mass is 32.2. The molecule has 0 amide bonds. The molecule has 0 spiro atoms. The van der Waals surface area contributed by atoms with E-state index in [1.165, 1.54) is 12.0 Å². The van der Waals surface area contributed by atoms with Gasteiger partial charge < -0.3 is 4.74 Å². The molecule has 0 aromatic rings. The molecule has 0 aromatic heterocycles. The molecule has 0 aliphatic carbocycles. The van der Waals surface area contributed by atoms with Crippen molar-refractivity contribution >= 4 is 12.0 Å². The lowest BCUT2D eigenvalue weighted by atomic mass is 10.9. The summed E-state index contributed by atoms with van der Waals surface area (Å²) in [7, 11) is 0. The first-order valence-corrected chi connectivity index (χ1v) is 2.73. The number of hydrogen-bond acceptors (Lipinski definition) is 3. The first kappa shape index (κ1) is 4.43. The van der Waals surface area contributed by atoms with Gasteiger partial charge in [0.25, 0.3) is 0 Å². The van der Waals surface area contributed by atoms with Crippen LogP contribution in [-0.2, 0) is 8.92 Å². The second-order valence-corrected chi connectivity index (χ2v) is 1.85. The Kier molecular flexibility index (Phi) is 1.80. The molecule has 1 aliphatic heterocycles. The van der Waals surface area contributed by atoms with Gasteiger partial charge >= 0.3 is 0 Å². The van der Waals surface area contributed by atoms with Crippen LogP contribution < -0.4 is 0 Å². The molecule has 0 atom stereocenters. The maximum atomic E-state index is 4.83. The summed E-state index contributed by atoms with van der Waals surface area (Å²) < 4.78 is 9.59. The highest BCUT2D eigenvalue weighted by Gasteiger charge is 1.95. The first-order valence-electron chi connectivity index (χ1n) is 1.82. The average molecular weight is 106 g/mol. The van der Waals surface area contributed by atoms with Crippen molar-refractivity contribution in [2.24, 2.45) is 0 Å². The molecule has 0 saturated carbocycles. The Morgan fingerprint density at radius 3 is 2.67 bits per heavy atom. The highest BCUT2D eigenvalue weighted by Crippen LogP contribution is 2.06. The second-order valence-electron chi connectivity index (χ2n) is 0.966. The summed E-state index contributed by atoms with van der Waals surface area (Å²) in [6, 6.07) is 0. The van der Waals surface area contributed by atoms with Crippen LogP contribution in [0.5, 0.6) is 0 Å². The van der Waals surface area contributed by atoms with Gasteiger partial charge in [0.2, 0.25) is 0 Å². The van der Waals surface area contributed by atoms with Gasteiger partial charge in [0.05, 0.1) is 6.61 Å². The van der Waals surface area contributed by atoms with Gasteiger partial charge in [-0.3, -0.25) is 4.18 Å². The Bertz CT molecular complexity index is 24.3. The van der Waals surface area contributed by atoms with E-state index < -0.39 is 0 Å². The minimum Gasteiger partial charge on any atom is -0.353 e. The Hall–Kier alpha value is 0.270. The number of hydrogen-bond donors (Lipinski definition) is 0. The van der Waals surface area contributed by atoms with Crippen LogP contribution in [0.3, 0.4) is 0 Å². The van der Waals surface area contributed by atoms with Gasteiger partial charge in [0.15, 0.2) is 6.79 Å². The molecule has 0 bridgehead atoms. The van der Waals surface area contributed by atoms with Gasteiger partial charge in [-0.2, -0.15) is 0 Å². The van der Waals surface area contributed by atoms with E-state index in [2.05, 4.69) is 0 Å². The van der Waals surface area contributed by atoms with Gasteiger partial charge in [-0.25, -0.2) is 0 Å². The van der Waals surface area contributed by atoms with Crippen LogP contribution >= 0.6 is 12.0 Å². The minimum absolute atomic E-state index is 0.463. The van der Waals surface area contributed by atoms with Crippen LogP contribution in [0.2, 0.25) is 0 Å². The molecule has 1 rings (SSSR count). The molecule has 36 valence electrons. The molecule has 1 saturated heterocycles. The standard InChI is InChI=1S/C3H6O2S/c1-2-6-5-3-4-1/h1-3H2. The van der Waals surface area contributed by atoms with Gasteiger partial charge in [-0.15, -0.1) is 0 Å². The lowest BCUT2D eigenvalue weighted by Crippen LogP contribution is -2.06. The van der Waals surface area contributed by atoms with Crippen molar-refractivity contribution in [3.8, 4) is 0 Å². The predicted molar refractivity (Wildman–Crippen MR) is 24.4 cm³/mol. The molecule has 6 heavy (non-hydrogen) atoms. The van der Waals surface area contributed by atoms with Crippen molar-refractivity contribution in [3.05, 3.63) is 0 Å². The molecule has 1 aliphatic rings. The van der Waals surface area contributed by atoms with Gasteiger partial charge in [-0.05, 0) is 12.0 Å². The second kappa shape index (κ2) is 2.44. The zero-order valence-electron chi connectivity index (χ0n) is 3.35. The van der Waals surface area contributed by atoms with Crippen molar-refractivity contribution in [3.63, 3.8) is 0 Å². The molecule has 0 N–H and O–H groups in total. The van der Waals surface area contributed by atoms with Gasteiger partial charge in [0.1, 0.15) is 0 Å². The normalized spacial score (nSPS) is 24.0. The molecule has 0 radical (unpaired) electrons. The summed E-state index contributed by atoms with van der Waals surface area (Å²) >= 11 is 1.47. The van der Waals surface area contributed by atoms with Crippen LogP contribution in [0.15, 0.2) is 0 Å². The quantitative estimate of drug-likeness (QED) is 0.422. The summed E-state index contributed by atoms with van der Waals surface area (Å²) in [5, 5.41) is 0. The largest absolute Gasteiger partial charge is 0.353 e. The number of ether oxygens (including phenoxy) is 1. The van der Waals surface area contributed by atoms with E-state index in [0.717, 1.165) is 12.4 Å². The fourth-order valence-electron chi connectivity index (χ4n) is 0.279. The van der Waals surface area contributed by atoms with E-state index in [0.29, 0.717) is 6.79 Å². The van der Waals surface area contributed by atoms with Crippen LogP contribution in [0.25, 0.3) is 0 Å². The zero-order valence-corrected chi connectivity index (χ0v) is 4.16. The van der Waals surface area contributed by atoms with E-state index in [-0.39, 0.29) is 0 Å². The maximum absolute atomic E-state index is 4.83. The Balaban J connectivity index is 2.00. The van der Waals surface area contributed by atoms with E-state index >= 15 is 0 Å². The molecule has 2 nitrogen and oxygen atoms in total. The van der Waals surface area contributed by atoms with Crippen molar-refractivity contribution in [2.75, 3.05) is 19.2 Å². The first-order chi connectivity index (χ1) is 3.00. The van der Waals surface area contributed by atoms with Crippen LogP contribution in [0.1, 0.15) is 0 Å². The third-order valence-corrected chi connectivity index (χ3v) is 1.12. The maximum Gasteiger partial charge on any atom is 0.160 e. The molecule has 0 aromatic carbocycles. The topological polar surface area (TPSA) is 18.5 Å². The number of rotatable bonds is 0. The molecule has 1 heterocycles. The smallest absolute Gasteiger partial charge is 0.160 e. The van der Waals surface area contributed by atoms with Crippen LogP contribution in [-0.4, -0.2) is 19.2 Å². The zero-order chi connectivity index (χ0) is 4.24. The third-order valence-electron chi connectivity index (χ3n) is 0.526. The predicted octanol–water partition coefficient (Wildman–Crippen LogP) is 0.639. The highest BCUT2D eigenvalue weighted by molar-refractivity contribution is 7.94. The fourth-order valence-corrected chi connectivity index (χ4v) is 0.719. The Morgan fingerprint density at radius 2 is 2.50 bits per heavy atom. The summed E-state index contributed by atoms with van der Waals surface area (Å²) in [5.41, 5.74) is 0. The fraction of sp³-hybridized carbons (Fsp3) is 1.00. The molecular formula is C3H6O2S. The average Bonchev–Trinajstić information content (AvgIpc) is 1.72. The summed E-state index contributed by atoms with van der Waals surface area (Å²) in [5.74, 6) is 0.972. The Morgan fingerprint density at radius 1 is 1.50 bits per heavy atom. The van der Waals surface area contributed by atoms with E-state index in [4.69, 9.17) is 8.92 Å². The van der Waals surface area contributed by atoms with Crippen molar-refractivity contribution in [2.45, 2.75) is 0 Å². The van der Waals surface area contributed by atoms with E-state index in [1.807, 2.05) is 0 Å². The summed E-state index contributed by atoms with van der Waals surface area (Å²) in [6.07, 6.45) is 0.